The smallest absolute Gasteiger partial charge is 0.323 e. The summed E-state index contributed by atoms with van der Waals surface area (Å²) >= 11 is 18.7. The van der Waals surface area contributed by atoms with Crippen molar-refractivity contribution in [1.82, 2.24) is 0 Å². The van der Waals surface area contributed by atoms with E-state index < -0.39 is 18.4 Å². The summed E-state index contributed by atoms with van der Waals surface area (Å²) in [5.74, 6) is -1.02. The summed E-state index contributed by atoms with van der Waals surface area (Å²) in [5, 5.41) is 20.0. The Morgan fingerprint density at radius 2 is 1.58 bits per heavy atom. The second-order valence-electron chi connectivity index (χ2n) is 7.51. The number of carboxylic acids is 1. The van der Waals surface area contributed by atoms with E-state index in [0.29, 0.717) is 16.3 Å². The molecule has 0 aliphatic carbocycles. The number of phenolic OH excluding ortho intramolecular Hbond substituents is 1. The zero-order valence-electron chi connectivity index (χ0n) is 17.7. The Hall–Kier alpha value is -2.93. The average Bonchev–Trinajstić information content (AvgIpc) is 2.75. The fraction of sp³-hybridized carbons (Fsp3) is 0.167. The van der Waals surface area contributed by atoms with Gasteiger partial charge in [0.15, 0.2) is 5.75 Å². The van der Waals surface area contributed by atoms with E-state index in [4.69, 9.17) is 39.5 Å². The SMILES string of the molecule is CC(C)c1cc(Oc2c(Cl)cc(N(CC(=O)O)C(=O)c3ccc(Cl)cc3)cc2Cl)ccc1O. The first-order valence-electron chi connectivity index (χ1n) is 9.86. The van der Waals surface area contributed by atoms with Crippen LogP contribution in [0.5, 0.6) is 17.2 Å². The van der Waals surface area contributed by atoms with Gasteiger partial charge in [0.1, 0.15) is 18.0 Å². The van der Waals surface area contributed by atoms with Crippen LogP contribution in [-0.4, -0.2) is 28.6 Å². The van der Waals surface area contributed by atoms with E-state index in [0.717, 1.165) is 4.90 Å². The molecule has 9 heteroatoms. The first kappa shape index (κ1) is 24.7. The van der Waals surface area contributed by atoms with Crippen molar-refractivity contribution in [2.24, 2.45) is 0 Å². The normalized spacial score (nSPS) is 10.8. The van der Waals surface area contributed by atoms with Crippen molar-refractivity contribution < 1.29 is 24.5 Å². The minimum absolute atomic E-state index is 0.0605. The zero-order valence-corrected chi connectivity index (χ0v) is 19.9. The molecule has 0 atom stereocenters. The summed E-state index contributed by atoms with van der Waals surface area (Å²) in [5.41, 5.74) is 1.13. The van der Waals surface area contributed by atoms with Crippen LogP contribution >= 0.6 is 34.8 Å². The number of hydrogen-bond donors (Lipinski definition) is 2. The fourth-order valence-electron chi connectivity index (χ4n) is 3.14. The van der Waals surface area contributed by atoms with Gasteiger partial charge in [-0.15, -0.1) is 0 Å². The minimum atomic E-state index is -1.21. The van der Waals surface area contributed by atoms with Crippen LogP contribution in [0, 0.1) is 0 Å². The average molecular weight is 509 g/mol. The van der Waals surface area contributed by atoms with E-state index in [1.54, 1.807) is 12.1 Å². The topological polar surface area (TPSA) is 87.1 Å². The van der Waals surface area contributed by atoms with Crippen molar-refractivity contribution >= 4 is 52.4 Å². The van der Waals surface area contributed by atoms with Crippen molar-refractivity contribution in [1.29, 1.82) is 0 Å². The van der Waals surface area contributed by atoms with Crippen LogP contribution < -0.4 is 9.64 Å². The standard InChI is InChI=1S/C24H20Cl3NO5/c1-13(2)18-11-17(7-8-21(18)29)33-23-19(26)9-16(10-20(23)27)28(12-22(30)31)24(32)14-3-5-15(25)6-4-14/h3-11,13,29H,12H2,1-2H3,(H,30,31). The lowest BCUT2D eigenvalue weighted by molar-refractivity contribution is -0.135. The Kier molecular flexibility index (Phi) is 7.74. The molecule has 0 saturated heterocycles. The lowest BCUT2D eigenvalue weighted by Gasteiger charge is -2.22. The molecular formula is C24H20Cl3NO5. The number of anilines is 1. The molecule has 172 valence electrons. The Morgan fingerprint density at radius 3 is 2.12 bits per heavy atom. The highest BCUT2D eigenvalue weighted by Gasteiger charge is 2.23. The number of carbonyl (C=O) groups is 2. The maximum Gasteiger partial charge on any atom is 0.323 e. The Morgan fingerprint density at radius 1 is 0.970 bits per heavy atom. The molecule has 0 aliphatic rings. The molecule has 0 fully saturated rings. The third-order valence-electron chi connectivity index (χ3n) is 4.77. The maximum atomic E-state index is 13.0. The number of carboxylic acid groups (broad SMARTS) is 1. The second kappa shape index (κ2) is 10.3. The highest BCUT2D eigenvalue weighted by atomic mass is 35.5. The number of rotatable bonds is 7. The molecule has 2 N–H and O–H groups in total. The molecular weight excluding hydrogens is 489 g/mol. The molecule has 0 aromatic heterocycles. The largest absolute Gasteiger partial charge is 0.508 e. The number of aliphatic carboxylic acids is 1. The number of phenols is 1. The van der Waals surface area contributed by atoms with Crippen molar-refractivity contribution in [3.8, 4) is 17.2 Å². The van der Waals surface area contributed by atoms with Gasteiger partial charge in [0, 0.05) is 21.8 Å². The molecule has 6 nitrogen and oxygen atoms in total. The third-order valence-corrected chi connectivity index (χ3v) is 5.58. The molecule has 0 heterocycles. The number of amides is 1. The number of halogens is 3. The van der Waals surface area contributed by atoms with Gasteiger partial charge in [-0.25, -0.2) is 0 Å². The summed E-state index contributed by atoms with van der Waals surface area (Å²) in [6.45, 7) is 3.26. The first-order valence-corrected chi connectivity index (χ1v) is 11.0. The van der Waals surface area contributed by atoms with E-state index in [2.05, 4.69) is 0 Å². The monoisotopic (exact) mass is 507 g/mol. The van der Waals surface area contributed by atoms with Crippen LogP contribution in [0.2, 0.25) is 15.1 Å². The number of carbonyl (C=O) groups excluding carboxylic acids is 1. The number of benzene rings is 3. The Labute approximate surface area is 205 Å². The Bertz CT molecular complexity index is 1170. The Balaban J connectivity index is 1.96. The quantitative estimate of drug-likeness (QED) is 0.359. The summed E-state index contributed by atoms with van der Waals surface area (Å²) in [6, 6.07) is 13.6. The lowest BCUT2D eigenvalue weighted by atomic mass is 10.0. The van der Waals surface area contributed by atoms with Crippen molar-refractivity contribution in [3.05, 3.63) is 80.8 Å². The zero-order chi connectivity index (χ0) is 24.3. The lowest BCUT2D eigenvalue weighted by Crippen LogP contribution is -2.35. The van der Waals surface area contributed by atoms with Crippen LogP contribution in [0.15, 0.2) is 54.6 Å². The molecule has 3 rings (SSSR count). The predicted octanol–water partition coefficient (Wildman–Crippen LogP) is 7.00. The number of aromatic hydroxyl groups is 1. The summed E-state index contributed by atoms with van der Waals surface area (Å²) in [4.78, 5) is 25.5. The van der Waals surface area contributed by atoms with Gasteiger partial charge in [0.25, 0.3) is 5.91 Å². The van der Waals surface area contributed by atoms with Crippen molar-refractivity contribution in [3.63, 3.8) is 0 Å². The summed E-state index contributed by atoms with van der Waals surface area (Å²) in [6.07, 6.45) is 0. The molecule has 3 aromatic carbocycles. The molecule has 0 unspecified atom stereocenters. The van der Waals surface area contributed by atoms with Gasteiger partial charge in [0.2, 0.25) is 0 Å². The fourth-order valence-corrected chi connectivity index (χ4v) is 3.82. The molecule has 1 amide bonds. The van der Waals surface area contributed by atoms with Crippen LogP contribution in [-0.2, 0) is 4.79 Å². The second-order valence-corrected chi connectivity index (χ2v) is 8.76. The number of nitrogens with zero attached hydrogens (tertiary/aromatic N) is 1. The highest BCUT2D eigenvalue weighted by Crippen LogP contribution is 2.41. The van der Waals surface area contributed by atoms with Crippen LogP contribution in [0.3, 0.4) is 0 Å². The van der Waals surface area contributed by atoms with Gasteiger partial charge in [-0.3, -0.25) is 14.5 Å². The molecule has 0 bridgehead atoms. The number of ether oxygens (including phenoxy) is 1. The van der Waals surface area contributed by atoms with Crippen molar-refractivity contribution in [2.75, 3.05) is 11.4 Å². The van der Waals surface area contributed by atoms with Crippen LogP contribution in [0.25, 0.3) is 0 Å². The molecule has 0 aliphatic heterocycles. The molecule has 0 spiro atoms. The third kappa shape index (κ3) is 5.90. The van der Waals surface area contributed by atoms with E-state index in [-0.39, 0.29) is 38.7 Å². The van der Waals surface area contributed by atoms with Crippen LogP contribution in [0.4, 0.5) is 5.69 Å². The summed E-state index contributed by atoms with van der Waals surface area (Å²) < 4.78 is 5.85. The van der Waals surface area contributed by atoms with Gasteiger partial charge in [0.05, 0.1) is 10.0 Å². The summed E-state index contributed by atoms with van der Waals surface area (Å²) in [7, 11) is 0. The number of hydrogen-bond acceptors (Lipinski definition) is 4. The first-order chi connectivity index (χ1) is 15.6. The minimum Gasteiger partial charge on any atom is -0.508 e. The van der Waals surface area contributed by atoms with E-state index in [9.17, 15) is 19.8 Å². The maximum absolute atomic E-state index is 13.0. The molecule has 0 saturated carbocycles. The van der Waals surface area contributed by atoms with Gasteiger partial charge in [-0.1, -0.05) is 48.7 Å². The van der Waals surface area contributed by atoms with E-state index >= 15 is 0 Å². The van der Waals surface area contributed by atoms with Gasteiger partial charge < -0.3 is 14.9 Å². The predicted molar refractivity (Wildman–Crippen MR) is 129 cm³/mol. The van der Waals surface area contributed by atoms with Gasteiger partial charge in [-0.05, 0) is 60.5 Å². The van der Waals surface area contributed by atoms with E-state index in [1.807, 2.05) is 13.8 Å². The van der Waals surface area contributed by atoms with Gasteiger partial charge in [-0.2, -0.15) is 0 Å². The van der Waals surface area contributed by atoms with Crippen molar-refractivity contribution in [2.45, 2.75) is 19.8 Å². The highest BCUT2D eigenvalue weighted by molar-refractivity contribution is 6.38. The van der Waals surface area contributed by atoms with Gasteiger partial charge >= 0.3 is 5.97 Å². The van der Waals surface area contributed by atoms with Crippen LogP contribution in [0.1, 0.15) is 35.7 Å². The molecule has 3 aromatic rings. The molecule has 33 heavy (non-hydrogen) atoms. The molecule has 0 radical (unpaired) electrons. The van der Waals surface area contributed by atoms with E-state index in [1.165, 1.54) is 42.5 Å².